The van der Waals surface area contributed by atoms with Gasteiger partial charge in [0.1, 0.15) is 0 Å². The Labute approximate surface area is 399 Å². The number of esters is 1. The molecule has 0 spiro atoms. The Morgan fingerprint density at radius 2 is 0.587 bits per heavy atom. The van der Waals surface area contributed by atoms with Gasteiger partial charge in [-0.1, -0.05) is 328 Å². The Morgan fingerprint density at radius 3 is 0.889 bits per heavy atom. The van der Waals surface area contributed by atoms with E-state index >= 15 is 0 Å². The van der Waals surface area contributed by atoms with Gasteiger partial charge in [0.05, 0.1) is 6.61 Å². The second-order valence-corrected chi connectivity index (χ2v) is 20.9. The van der Waals surface area contributed by atoms with Crippen molar-refractivity contribution in [1.82, 2.24) is 0 Å². The molecule has 0 aromatic rings. The molecule has 0 saturated carbocycles. The van der Waals surface area contributed by atoms with E-state index in [0.717, 1.165) is 18.8 Å². The molecule has 2 nitrogen and oxygen atoms in total. The number of carbonyl (C=O) groups is 1. The Hall–Kier alpha value is -0.790. The van der Waals surface area contributed by atoms with Crippen molar-refractivity contribution < 1.29 is 9.53 Å². The first-order valence-corrected chi connectivity index (χ1v) is 30.0. The lowest BCUT2D eigenvalue weighted by molar-refractivity contribution is -0.143. The van der Waals surface area contributed by atoms with Crippen molar-refractivity contribution in [2.75, 3.05) is 6.61 Å². The number of hydrogen-bond acceptors (Lipinski definition) is 2. The highest BCUT2D eigenvalue weighted by Crippen LogP contribution is 2.19. The van der Waals surface area contributed by atoms with Gasteiger partial charge in [0.25, 0.3) is 0 Å². The third-order valence-electron chi connectivity index (χ3n) is 14.4. The molecule has 2 heteroatoms. The van der Waals surface area contributed by atoms with Crippen LogP contribution < -0.4 is 0 Å². The first kappa shape index (κ1) is 62.2. The van der Waals surface area contributed by atoms with Crippen LogP contribution in [0.1, 0.15) is 361 Å². The third kappa shape index (κ3) is 57.3. The summed E-state index contributed by atoms with van der Waals surface area (Å²) >= 11 is 0. The van der Waals surface area contributed by atoms with E-state index in [1.165, 1.54) is 321 Å². The van der Waals surface area contributed by atoms with E-state index in [1.807, 2.05) is 0 Å². The number of carbonyl (C=O) groups excluding carboxylic acids is 1. The molecule has 0 heterocycles. The molecule has 0 aliphatic rings. The zero-order valence-electron chi connectivity index (χ0n) is 44.2. The smallest absolute Gasteiger partial charge is 0.305 e. The van der Waals surface area contributed by atoms with Crippen molar-refractivity contribution in [3.05, 3.63) is 12.2 Å². The lowest BCUT2D eigenvalue weighted by Crippen LogP contribution is -2.05. The summed E-state index contributed by atoms with van der Waals surface area (Å²) in [6.07, 6.45) is 78.3. The predicted octanol–water partition coefficient (Wildman–Crippen LogP) is 22.4. The zero-order valence-corrected chi connectivity index (χ0v) is 44.2. The van der Waals surface area contributed by atoms with E-state index in [4.69, 9.17) is 4.74 Å². The van der Waals surface area contributed by atoms with Gasteiger partial charge < -0.3 is 4.74 Å². The quantitative estimate of drug-likeness (QED) is 0.0346. The van der Waals surface area contributed by atoms with Crippen LogP contribution in [0.2, 0.25) is 0 Å². The van der Waals surface area contributed by atoms with E-state index in [1.54, 1.807) is 0 Å². The van der Waals surface area contributed by atoms with E-state index < -0.39 is 0 Å². The maximum Gasteiger partial charge on any atom is 0.305 e. The normalized spacial score (nSPS) is 12.2. The van der Waals surface area contributed by atoms with Gasteiger partial charge in [-0.15, -0.1) is 0 Å². The SMILES string of the molecule is CCCCCCC=CCCCCCCCCCCCC(=O)OCCCCCCCCCCCCCCCCCCCCCCCCCCCCCCCCCCCCCC(C)CC. The van der Waals surface area contributed by atoms with Gasteiger partial charge in [-0.05, 0) is 44.4 Å². The molecule has 0 aliphatic heterocycles. The lowest BCUT2D eigenvalue weighted by atomic mass is 9.99. The molecule has 0 fully saturated rings. The van der Waals surface area contributed by atoms with Gasteiger partial charge in [0, 0.05) is 6.42 Å². The van der Waals surface area contributed by atoms with Crippen LogP contribution in [-0.4, -0.2) is 12.6 Å². The summed E-state index contributed by atoms with van der Waals surface area (Å²) in [4.78, 5) is 12.1. The highest BCUT2D eigenvalue weighted by Gasteiger charge is 2.04. The van der Waals surface area contributed by atoms with Crippen LogP contribution in [-0.2, 0) is 9.53 Å². The van der Waals surface area contributed by atoms with Crippen molar-refractivity contribution in [1.29, 1.82) is 0 Å². The molecule has 0 amide bonds. The molecular formula is C61H120O2. The van der Waals surface area contributed by atoms with Crippen LogP contribution >= 0.6 is 0 Å². The third-order valence-corrected chi connectivity index (χ3v) is 14.4. The molecule has 0 bridgehead atoms. The monoisotopic (exact) mass is 885 g/mol. The highest BCUT2D eigenvalue weighted by molar-refractivity contribution is 5.69. The van der Waals surface area contributed by atoms with Crippen LogP contribution in [0.25, 0.3) is 0 Å². The van der Waals surface area contributed by atoms with Gasteiger partial charge in [-0.25, -0.2) is 0 Å². The molecule has 0 saturated heterocycles. The largest absolute Gasteiger partial charge is 0.466 e. The number of rotatable bonds is 56. The Kier molecular flexibility index (Phi) is 56.6. The highest BCUT2D eigenvalue weighted by atomic mass is 16.5. The predicted molar refractivity (Wildman–Crippen MR) is 285 cm³/mol. The van der Waals surface area contributed by atoms with Crippen molar-refractivity contribution in [3.8, 4) is 0 Å². The molecule has 0 rings (SSSR count). The average molecular weight is 886 g/mol. The summed E-state index contributed by atoms with van der Waals surface area (Å²) in [7, 11) is 0. The summed E-state index contributed by atoms with van der Waals surface area (Å²) < 4.78 is 5.50. The van der Waals surface area contributed by atoms with E-state index in [2.05, 4.69) is 32.9 Å². The molecule has 376 valence electrons. The van der Waals surface area contributed by atoms with E-state index in [0.29, 0.717) is 13.0 Å². The molecule has 0 aromatic heterocycles. The van der Waals surface area contributed by atoms with Gasteiger partial charge >= 0.3 is 5.97 Å². The van der Waals surface area contributed by atoms with Gasteiger partial charge in [0.15, 0.2) is 0 Å². The number of hydrogen-bond donors (Lipinski definition) is 0. The van der Waals surface area contributed by atoms with Crippen LogP contribution in [0.15, 0.2) is 12.2 Å². The second kappa shape index (κ2) is 57.3. The molecule has 0 N–H and O–H groups in total. The summed E-state index contributed by atoms with van der Waals surface area (Å²) in [5.74, 6) is 0.970. The maximum atomic E-state index is 12.1. The first-order chi connectivity index (χ1) is 31.2. The van der Waals surface area contributed by atoms with Crippen molar-refractivity contribution >= 4 is 5.97 Å². The number of ether oxygens (including phenoxy) is 1. The van der Waals surface area contributed by atoms with Crippen molar-refractivity contribution in [2.24, 2.45) is 5.92 Å². The summed E-state index contributed by atoms with van der Waals surface area (Å²) in [5.41, 5.74) is 0. The second-order valence-electron chi connectivity index (χ2n) is 20.9. The fourth-order valence-corrected chi connectivity index (χ4v) is 9.58. The van der Waals surface area contributed by atoms with Gasteiger partial charge in [0.2, 0.25) is 0 Å². The fourth-order valence-electron chi connectivity index (χ4n) is 9.58. The fraction of sp³-hybridized carbons (Fsp3) is 0.951. The van der Waals surface area contributed by atoms with Crippen LogP contribution in [0, 0.1) is 5.92 Å². The first-order valence-electron chi connectivity index (χ1n) is 30.0. The average Bonchev–Trinajstić information content (AvgIpc) is 3.29. The minimum Gasteiger partial charge on any atom is -0.466 e. The number of allylic oxidation sites excluding steroid dienone is 2. The molecule has 0 radical (unpaired) electrons. The molecule has 0 aromatic carbocycles. The summed E-state index contributed by atoms with van der Waals surface area (Å²) in [6.45, 7) is 7.65. The van der Waals surface area contributed by atoms with Crippen molar-refractivity contribution in [2.45, 2.75) is 361 Å². The Balaban J connectivity index is 3.14. The topological polar surface area (TPSA) is 26.3 Å². The molecule has 1 atom stereocenters. The molecule has 1 unspecified atom stereocenters. The minimum absolute atomic E-state index is 0.0291. The summed E-state index contributed by atoms with van der Waals surface area (Å²) in [6, 6.07) is 0. The standard InChI is InChI=1S/C61H120O2/c1-4-6-7-8-9-10-11-12-13-33-37-40-43-46-49-52-55-58-61(62)63-59-56-53-50-47-44-41-38-35-32-30-28-26-24-22-20-18-16-14-15-17-19-21-23-25-27-29-31-34-36-39-42-45-48-51-54-57-60(3)5-2/h10-11,60H,4-9,12-59H2,1-3H3. The molecule has 63 heavy (non-hydrogen) atoms. The molecule has 0 aliphatic carbocycles. The van der Waals surface area contributed by atoms with Gasteiger partial charge in [-0.2, -0.15) is 0 Å². The Bertz CT molecular complexity index is 848. The molecular weight excluding hydrogens is 765 g/mol. The van der Waals surface area contributed by atoms with Crippen LogP contribution in [0.4, 0.5) is 0 Å². The van der Waals surface area contributed by atoms with Gasteiger partial charge in [-0.3, -0.25) is 4.79 Å². The van der Waals surface area contributed by atoms with E-state index in [9.17, 15) is 4.79 Å². The maximum absolute atomic E-state index is 12.1. The van der Waals surface area contributed by atoms with E-state index in [-0.39, 0.29) is 5.97 Å². The zero-order chi connectivity index (χ0) is 45.5. The van der Waals surface area contributed by atoms with Crippen LogP contribution in [0.5, 0.6) is 0 Å². The Morgan fingerprint density at radius 1 is 0.333 bits per heavy atom. The lowest BCUT2D eigenvalue weighted by Gasteiger charge is -2.07. The summed E-state index contributed by atoms with van der Waals surface area (Å²) in [5, 5.41) is 0. The minimum atomic E-state index is 0.0291. The number of unbranched alkanes of at least 4 members (excludes halogenated alkanes) is 47. The van der Waals surface area contributed by atoms with Crippen LogP contribution in [0.3, 0.4) is 0 Å². The van der Waals surface area contributed by atoms with Crippen molar-refractivity contribution in [3.63, 3.8) is 0 Å².